The summed E-state index contributed by atoms with van der Waals surface area (Å²) in [5.74, 6) is -1.87. The third-order valence-electron chi connectivity index (χ3n) is 2.85. The third-order valence-corrected chi connectivity index (χ3v) is 3.13. The van der Waals surface area contributed by atoms with E-state index >= 15 is 0 Å². The minimum Gasteiger partial charge on any atom is -0.393 e. The summed E-state index contributed by atoms with van der Waals surface area (Å²) >= 11 is 4.48. The molecule has 2 N–H and O–H groups in total. The van der Waals surface area contributed by atoms with E-state index in [-0.39, 0.29) is 0 Å². The number of rotatable bonds is 4. The van der Waals surface area contributed by atoms with Gasteiger partial charge in [0, 0.05) is 11.8 Å². The molecule has 0 amide bonds. The highest BCUT2D eigenvalue weighted by Gasteiger charge is 2.42. The van der Waals surface area contributed by atoms with Gasteiger partial charge in [0.25, 0.3) is 0 Å². The Labute approximate surface area is 119 Å². The molecule has 0 aliphatic heterocycles. The average Bonchev–Trinajstić information content (AvgIpc) is 2.84. The highest BCUT2D eigenvalue weighted by atomic mass is 32.1. The van der Waals surface area contributed by atoms with Gasteiger partial charge in [0.1, 0.15) is 5.92 Å². The number of nitrogens with zero attached hydrogens (tertiary/aromatic N) is 2. The Hall–Kier alpha value is -1.89. The van der Waals surface area contributed by atoms with E-state index in [1.807, 2.05) is 30.3 Å². The monoisotopic (exact) mass is 299 g/mol. The molecule has 0 radical (unpaired) electrons. The van der Waals surface area contributed by atoms with Gasteiger partial charge in [0.05, 0.1) is 17.7 Å². The van der Waals surface area contributed by atoms with Crippen LogP contribution in [-0.2, 0) is 6.54 Å². The number of hydrogen-bond acceptors (Lipinski definition) is 2. The van der Waals surface area contributed by atoms with Gasteiger partial charge in [-0.15, -0.1) is 0 Å². The number of benzene rings is 1. The van der Waals surface area contributed by atoms with Crippen LogP contribution in [0.5, 0.6) is 0 Å². The van der Waals surface area contributed by atoms with Crippen LogP contribution in [0.25, 0.3) is 11.1 Å². The number of thiocarbonyl (C=S) groups is 1. The lowest BCUT2D eigenvalue weighted by Gasteiger charge is -2.18. The van der Waals surface area contributed by atoms with Crippen LogP contribution in [0, 0.1) is 5.92 Å². The van der Waals surface area contributed by atoms with Crippen molar-refractivity contribution in [3.8, 4) is 11.1 Å². The van der Waals surface area contributed by atoms with Crippen molar-refractivity contribution in [3.05, 3.63) is 42.7 Å². The van der Waals surface area contributed by atoms with E-state index in [0.29, 0.717) is 0 Å². The molecule has 2 aromatic rings. The third kappa shape index (κ3) is 3.36. The molecule has 2 rings (SSSR count). The molecule has 0 fully saturated rings. The van der Waals surface area contributed by atoms with Gasteiger partial charge in [-0.3, -0.25) is 4.68 Å². The zero-order valence-electron chi connectivity index (χ0n) is 10.3. The Morgan fingerprint density at radius 3 is 2.45 bits per heavy atom. The molecule has 0 saturated heterocycles. The molecular formula is C13H12F3N3S. The molecule has 3 nitrogen and oxygen atoms in total. The highest BCUT2D eigenvalue weighted by molar-refractivity contribution is 7.80. The normalized spacial score (nSPS) is 13.2. The van der Waals surface area contributed by atoms with E-state index in [9.17, 15) is 13.2 Å². The van der Waals surface area contributed by atoms with Crippen molar-refractivity contribution >= 4 is 17.2 Å². The predicted molar refractivity (Wildman–Crippen MR) is 74.0 cm³/mol. The van der Waals surface area contributed by atoms with Gasteiger partial charge in [-0.05, 0) is 5.56 Å². The van der Waals surface area contributed by atoms with Crippen molar-refractivity contribution < 1.29 is 13.2 Å². The molecule has 106 valence electrons. The minimum atomic E-state index is -4.47. The van der Waals surface area contributed by atoms with Crippen LogP contribution in [0.15, 0.2) is 42.7 Å². The van der Waals surface area contributed by atoms with Crippen LogP contribution in [0.2, 0.25) is 0 Å². The molecule has 7 heteroatoms. The van der Waals surface area contributed by atoms with Crippen molar-refractivity contribution in [2.75, 3.05) is 0 Å². The maximum atomic E-state index is 12.8. The molecule has 1 heterocycles. The second-order valence-corrected chi connectivity index (χ2v) is 4.79. The quantitative estimate of drug-likeness (QED) is 0.883. The van der Waals surface area contributed by atoms with E-state index in [2.05, 4.69) is 17.3 Å². The fraction of sp³-hybridized carbons (Fsp3) is 0.231. The summed E-state index contributed by atoms with van der Waals surface area (Å²) < 4.78 is 39.5. The number of halogens is 3. The lowest BCUT2D eigenvalue weighted by Crippen LogP contribution is -2.37. The average molecular weight is 299 g/mol. The van der Waals surface area contributed by atoms with E-state index in [1.54, 1.807) is 6.20 Å². The summed E-state index contributed by atoms with van der Waals surface area (Å²) in [5, 5.41) is 3.93. The zero-order valence-corrected chi connectivity index (χ0v) is 11.2. The molecule has 20 heavy (non-hydrogen) atoms. The Morgan fingerprint density at radius 1 is 1.25 bits per heavy atom. The Morgan fingerprint density at radius 2 is 1.90 bits per heavy atom. The first-order chi connectivity index (χ1) is 9.38. The Balaban J connectivity index is 2.19. The first kappa shape index (κ1) is 14.5. The van der Waals surface area contributed by atoms with Gasteiger partial charge in [-0.25, -0.2) is 0 Å². The van der Waals surface area contributed by atoms with Gasteiger partial charge in [0.15, 0.2) is 0 Å². The van der Waals surface area contributed by atoms with Crippen LogP contribution < -0.4 is 5.73 Å². The Kier molecular flexibility index (Phi) is 4.08. The fourth-order valence-corrected chi connectivity index (χ4v) is 1.99. The van der Waals surface area contributed by atoms with Crippen molar-refractivity contribution in [1.82, 2.24) is 9.78 Å². The van der Waals surface area contributed by atoms with Crippen molar-refractivity contribution in [1.29, 1.82) is 0 Å². The topological polar surface area (TPSA) is 43.8 Å². The van der Waals surface area contributed by atoms with Crippen LogP contribution in [0.4, 0.5) is 13.2 Å². The number of hydrogen-bond donors (Lipinski definition) is 1. The molecule has 1 aromatic carbocycles. The van der Waals surface area contributed by atoms with Crippen molar-refractivity contribution in [2.45, 2.75) is 12.7 Å². The lowest BCUT2D eigenvalue weighted by molar-refractivity contribution is -0.158. The van der Waals surface area contributed by atoms with E-state index in [4.69, 9.17) is 5.73 Å². The largest absolute Gasteiger partial charge is 0.399 e. The lowest BCUT2D eigenvalue weighted by atomic mass is 10.1. The van der Waals surface area contributed by atoms with Crippen LogP contribution in [0.3, 0.4) is 0 Å². The fourth-order valence-electron chi connectivity index (χ4n) is 1.78. The molecule has 0 bridgehead atoms. The molecule has 0 spiro atoms. The molecule has 1 unspecified atom stereocenters. The van der Waals surface area contributed by atoms with Crippen LogP contribution in [0.1, 0.15) is 0 Å². The summed E-state index contributed by atoms with van der Waals surface area (Å²) in [5.41, 5.74) is 6.79. The van der Waals surface area contributed by atoms with Gasteiger partial charge < -0.3 is 5.73 Å². The van der Waals surface area contributed by atoms with Gasteiger partial charge in [-0.1, -0.05) is 42.5 Å². The number of nitrogens with two attached hydrogens (primary N) is 1. The second kappa shape index (κ2) is 5.62. The maximum Gasteiger partial charge on any atom is 0.399 e. The summed E-state index contributed by atoms with van der Waals surface area (Å²) in [6, 6.07) is 9.27. The number of aromatic nitrogens is 2. The summed E-state index contributed by atoms with van der Waals surface area (Å²) in [4.78, 5) is -0.575. The van der Waals surface area contributed by atoms with Crippen LogP contribution >= 0.6 is 12.2 Å². The second-order valence-electron chi connectivity index (χ2n) is 4.31. The zero-order chi connectivity index (χ0) is 14.8. The first-order valence-electron chi connectivity index (χ1n) is 5.82. The van der Waals surface area contributed by atoms with E-state index in [1.165, 1.54) is 10.9 Å². The summed E-state index contributed by atoms with van der Waals surface area (Å²) in [7, 11) is 0. The minimum absolute atomic E-state index is 0.411. The standard InChI is InChI=1S/C13H12F3N3S/c14-13(15,16)11(12(17)20)8-19-7-10(6-18-19)9-4-2-1-3-5-9/h1-7,11H,8H2,(H2,17,20). The molecule has 1 aromatic heterocycles. The SMILES string of the molecule is NC(=S)C(Cn1cc(-c2ccccc2)cn1)C(F)(F)F. The predicted octanol–water partition coefficient (Wildman–Crippen LogP) is 3.01. The summed E-state index contributed by atoms with van der Waals surface area (Å²) in [6.45, 7) is -0.411. The highest BCUT2D eigenvalue weighted by Crippen LogP contribution is 2.28. The van der Waals surface area contributed by atoms with Crippen LogP contribution in [-0.4, -0.2) is 20.9 Å². The Bertz CT molecular complexity index is 592. The van der Waals surface area contributed by atoms with Gasteiger partial charge in [-0.2, -0.15) is 18.3 Å². The van der Waals surface area contributed by atoms with Gasteiger partial charge >= 0.3 is 6.18 Å². The molecule has 0 saturated carbocycles. The summed E-state index contributed by atoms with van der Waals surface area (Å²) in [6.07, 6.45) is -1.40. The van der Waals surface area contributed by atoms with Crippen molar-refractivity contribution in [2.24, 2.45) is 11.7 Å². The molecule has 1 atom stereocenters. The van der Waals surface area contributed by atoms with Crippen molar-refractivity contribution in [3.63, 3.8) is 0 Å². The maximum absolute atomic E-state index is 12.8. The molecule has 0 aliphatic carbocycles. The number of alkyl halides is 3. The smallest absolute Gasteiger partial charge is 0.393 e. The van der Waals surface area contributed by atoms with Gasteiger partial charge in [0.2, 0.25) is 0 Å². The first-order valence-corrected chi connectivity index (χ1v) is 6.22. The van der Waals surface area contributed by atoms with E-state index < -0.39 is 23.6 Å². The molecular weight excluding hydrogens is 287 g/mol. The molecule has 0 aliphatic rings. The van der Waals surface area contributed by atoms with E-state index in [0.717, 1.165) is 11.1 Å².